The monoisotopic (exact) mass is 218 g/mol. The summed E-state index contributed by atoms with van der Waals surface area (Å²) in [6.07, 6.45) is 0.605. The van der Waals surface area contributed by atoms with Gasteiger partial charge in [-0.3, -0.25) is 4.79 Å². The van der Waals surface area contributed by atoms with Crippen molar-refractivity contribution in [3.05, 3.63) is 35.9 Å². The maximum Gasteiger partial charge on any atom is 0.223 e. The molecule has 1 aliphatic heterocycles. The highest BCUT2D eigenvalue weighted by molar-refractivity contribution is 5.79. The van der Waals surface area contributed by atoms with Crippen molar-refractivity contribution in [2.45, 2.75) is 19.4 Å². The molecule has 0 aromatic heterocycles. The number of rotatable bonds is 3. The minimum absolute atomic E-state index is 0.158. The second-order valence-electron chi connectivity index (χ2n) is 4.44. The van der Waals surface area contributed by atoms with E-state index in [0.717, 1.165) is 6.54 Å². The van der Waals surface area contributed by atoms with Gasteiger partial charge in [0.15, 0.2) is 0 Å². The van der Waals surface area contributed by atoms with Gasteiger partial charge < -0.3 is 10.6 Å². The molecule has 1 amide bonds. The highest BCUT2D eigenvalue weighted by Gasteiger charge is 2.32. The van der Waals surface area contributed by atoms with E-state index in [1.165, 1.54) is 5.56 Å². The average molecular weight is 218 g/mol. The van der Waals surface area contributed by atoms with Gasteiger partial charge in [0.25, 0.3) is 0 Å². The number of nitrogens with two attached hydrogens (primary N) is 1. The second-order valence-corrected chi connectivity index (χ2v) is 4.44. The highest BCUT2D eigenvalue weighted by atomic mass is 16.2. The highest BCUT2D eigenvalue weighted by Crippen LogP contribution is 2.27. The largest absolute Gasteiger partial charge is 0.336 e. The van der Waals surface area contributed by atoms with Crippen LogP contribution in [0.5, 0.6) is 0 Å². The molecule has 1 aromatic carbocycles. The van der Waals surface area contributed by atoms with Crippen molar-refractivity contribution >= 4 is 5.91 Å². The number of likely N-dealkylation sites (tertiary alicyclic amines) is 1. The van der Waals surface area contributed by atoms with Gasteiger partial charge in [-0.05, 0) is 24.9 Å². The molecule has 0 radical (unpaired) electrons. The lowest BCUT2D eigenvalue weighted by molar-refractivity contribution is -0.129. The number of benzene rings is 1. The van der Waals surface area contributed by atoms with Gasteiger partial charge in [0.1, 0.15) is 0 Å². The van der Waals surface area contributed by atoms with Crippen molar-refractivity contribution in [1.82, 2.24) is 4.90 Å². The minimum atomic E-state index is 0.158. The molecule has 86 valence electrons. The molecule has 1 aromatic rings. The van der Waals surface area contributed by atoms with Crippen LogP contribution in [0.1, 0.15) is 24.9 Å². The van der Waals surface area contributed by atoms with Gasteiger partial charge >= 0.3 is 0 Å². The van der Waals surface area contributed by atoms with E-state index < -0.39 is 0 Å². The zero-order valence-corrected chi connectivity index (χ0v) is 9.60. The molecule has 1 saturated heterocycles. The van der Waals surface area contributed by atoms with E-state index in [1.807, 2.05) is 23.1 Å². The van der Waals surface area contributed by atoms with Gasteiger partial charge in [-0.25, -0.2) is 0 Å². The summed E-state index contributed by atoms with van der Waals surface area (Å²) in [7, 11) is 0. The first-order chi connectivity index (χ1) is 7.72. The first-order valence-corrected chi connectivity index (χ1v) is 5.77. The standard InChI is InChI=1S/C13H18N2O/c1-10(12-5-3-2-4-6-12)15-9-11(8-14)7-13(15)16/h2-6,10-11H,7-9,14H2,1H3/t10-,11?/m1/s1. The van der Waals surface area contributed by atoms with Gasteiger partial charge in [0.2, 0.25) is 5.91 Å². The lowest BCUT2D eigenvalue weighted by atomic mass is 10.1. The Morgan fingerprint density at radius 1 is 1.44 bits per heavy atom. The molecule has 0 bridgehead atoms. The van der Waals surface area contributed by atoms with E-state index in [4.69, 9.17) is 5.73 Å². The van der Waals surface area contributed by atoms with Crippen LogP contribution < -0.4 is 5.73 Å². The van der Waals surface area contributed by atoms with Crippen LogP contribution in [0.4, 0.5) is 0 Å². The van der Waals surface area contributed by atoms with E-state index >= 15 is 0 Å². The normalized spacial score (nSPS) is 22.5. The van der Waals surface area contributed by atoms with Crippen LogP contribution in [0, 0.1) is 5.92 Å². The van der Waals surface area contributed by atoms with Gasteiger partial charge in [0, 0.05) is 13.0 Å². The summed E-state index contributed by atoms with van der Waals surface area (Å²) < 4.78 is 0. The van der Waals surface area contributed by atoms with E-state index in [9.17, 15) is 4.79 Å². The maximum absolute atomic E-state index is 11.8. The van der Waals surface area contributed by atoms with Crippen LogP contribution in [0.15, 0.2) is 30.3 Å². The summed E-state index contributed by atoms with van der Waals surface area (Å²) in [5.74, 6) is 0.561. The Bertz CT molecular complexity index is 363. The fourth-order valence-corrected chi connectivity index (χ4v) is 2.25. The lowest BCUT2D eigenvalue weighted by Crippen LogP contribution is -2.29. The summed E-state index contributed by atoms with van der Waals surface area (Å²) in [4.78, 5) is 13.8. The minimum Gasteiger partial charge on any atom is -0.336 e. The summed E-state index contributed by atoms with van der Waals surface area (Å²) in [6, 6.07) is 10.3. The fourth-order valence-electron chi connectivity index (χ4n) is 2.25. The Morgan fingerprint density at radius 3 is 2.69 bits per heavy atom. The Morgan fingerprint density at radius 2 is 2.12 bits per heavy atom. The molecule has 2 N–H and O–H groups in total. The number of hydrogen-bond donors (Lipinski definition) is 1. The van der Waals surface area contributed by atoms with Crippen LogP contribution in [0.3, 0.4) is 0 Å². The molecule has 0 aliphatic carbocycles. The number of nitrogens with zero attached hydrogens (tertiary/aromatic N) is 1. The van der Waals surface area contributed by atoms with Crippen LogP contribution in [0.25, 0.3) is 0 Å². The van der Waals surface area contributed by atoms with Gasteiger partial charge in [-0.15, -0.1) is 0 Å². The Kier molecular flexibility index (Phi) is 3.25. The number of hydrogen-bond acceptors (Lipinski definition) is 2. The fraction of sp³-hybridized carbons (Fsp3) is 0.462. The van der Waals surface area contributed by atoms with Crippen molar-refractivity contribution in [2.75, 3.05) is 13.1 Å². The van der Waals surface area contributed by atoms with E-state index in [2.05, 4.69) is 19.1 Å². The molecular formula is C13H18N2O. The average Bonchev–Trinajstić information content (AvgIpc) is 2.71. The third-order valence-corrected chi connectivity index (χ3v) is 3.32. The van der Waals surface area contributed by atoms with E-state index in [0.29, 0.717) is 18.9 Å². The molecule has 3 nitrogen and oxygen atoms in total. The van der Waals surface area contributed by atoms with Crippen LogP contribution >= 0.6 is 0 Å². The predicted molar refractivity (Wildman–Crippen MR) is 63.7 cm³/mol. The van der Waals surface area contributed by atoms with Crippen molar-refractivity contribution in [3.63, 3.8) is 0 Å². The maximum atomic E-state index is 11.8. The molecule has 2 rings (SSSR count). The summed E-state index contributed by atoms with van der Waals surface area (Å²) in [5, 5.41) is 0. The summed E-state index contributed by atoms with van der Waals surface area (Å²) >= 11 is 0. The molecule has 1 unspecified atom stereocenters. The third kappa shape index (κ3) is 2.09. The topological polar surface area (TPSA) is 46.3 Å². The van der Waals surface area contributed by atoms with Gasteiger partial charge in [-0.1, -0.05) is 30.3 Å². The van der Waals surface area contributed by atoms with Crippen molar-refractivity contribution in [1.29, 1.82) is 0 Å². The van der Waals surface area contributed by atoms with Gasteiger partial charge in [0.05, 0.1) is 6.04 Å². The lowest BCUT2D eigenvalue weighted by Gasteiger charge is -2.25. The number of carbonyl (C=O) groups is 1. The van der Waals surface area contributed by atoms with Crippen molar-refractivity contribution in [2.24, 2.45) is 11.7 Å². The molecule has 16 heavy (non-hydrogen) atoms. The zero-order valence-electron chi connectivity index (χ0n) is 9.60. The molecular weight excluding hydrogens is 200 g/mol. The Hall–Kier alpha value is -1.35. The van der Waals surface area contributed by atoms with Crippen LogP contribution in [-0.4, -0.2) is 23.9 Å². The number of amides is 1. The smallest absolute Gasteiger partial charge is 0.223 e. The zero-order chi connectivity index (χ0) is 11.5. The second kappa shape index (κ2) is 4.66. The summed E-state index contributed by atoms with van der Waals surface area (Å²) in [6.45, 7) is 3.47. The molecule has 0 saturated carbocycles. The van der Waals surface area contributed by atoms with E-state index in [1.54, 1.807) is 0 Å². The first kappa shape index (κ1) is 11.1. The number of carbonyl (C=O) groups excluding carboxylic acids is 1. The van der Waals surface area contributed by atoms with Crippen LogP contribution in [0.2, 0.25) is 0 Å². The molecule has 0 spiro atoms. The first-order valence-electron chi connectivity index (χ1n) is 5.77. The predicted octanol–water partition coefficient (Wildman–Crippen LogP) is 1.55. The van der Waals surface area contributed by atoms with Crippen molar-refractivity contribution in [3.8, 4) is 0 Å². The SMILES string of the molecule is C[C@H](c1ccccc1)N1CC(CN)CC1=O. The molecule has 3 heteroatoms. The van der Waals surface area contributed by atoms with E-state index in [-0.39, 0.29) is 11.9 Å². The van der Waals surface area contributed by atoms with Gasteiger partial charge in [-0.2, -0.15) is 0 Å². The van der Waals surface area contributed by atoms with Crippen LogP contribution in [-0.2, 0) is 4.79 Å². The third-order valence-electron chi connectivity index (χ3n) is 3.32. The Balaban J connectivity index is 2.11. The quantitative estimate of drug-likeness (QED) is 0.836. The Labute approximate surface area is 96.2 Å². The van der Waals surface area contributed by atoms with Crippen molar-refractivity contribution < 1.29 is 4.79 Å². The summed E-state index contributed by atoms with van der Waals surface area (Å²) in [5.41, 5.74) is 6.81. The molecule has 2 atom stereocenters. The molecule has 1 aliphatic rings. The molecule has 1 heterocycles. The molecule has 1 fully saturated rings.